The van der Waals surface area contributed by atoms with Gasteiger partial charge in [0.1, 0.15) is 6.04 Å². The van der Waals surface area contributed by atoms with E-state index in [2.05, 4.69) is 24.4 Å². The first-order chi connectivity index (χ1) is 7.27. The first kappa shape index (κ1) is 11.6. The third-order valence-corrected chi connectivity index (χ3v) is 2.38. The van der Waals surface area contributed by atoms with Gasteiger partial charge in [-0.15, -0.1) is 0 Å². The summed E-state index contributed by atoms with van der Waals surface area (Å²) in [7, 11) is 0. The fourth-order valence-electron chi connectivity index (χ4n) is 1.51. The standard InChI is InChI=1S/C13H18N2/c1-3-4-7-12-8-5-6-9-13(12)15-11(2)10-14/h5-6,8-9,11,15H,3-4,7H2,1-2H3. The summed E-state index contributed by atoms with van der Waals surface area (Å²) in [5, 5.41) is 12.0. The van der Waals surface area contributed by atoms with E-state index in [0.29, 0.717) is 0 Å². The zero-order valence-corrected chi connectivity index (χ0v) is 9.46. The summed E-state index contributed by atoms with van der Waals surface area (Å²) in [6.07, 6.45) is 3.47. The van der Waals surface area contributed by atoms with Crippen molar-refractivity contribution in [2.45, 2.75) is 39.2 Å². The van der Waals surface area contributed by atoms with Gasteiger partial charge >= 0.3 is 0 Å². The summed E-state index contributed by atoms with van der Waals surface area (Å²) in [4.78, 5) is 0. The summed E-state index contributed by atoms with van der Waals surface area (Å²) in [6, 6.07) is 10.3. The van der Waals surface area contributed by atoms with Gasteiger partial charge in [0, 0.05) is 5.69 Å². The van der Waals surface area contributed by atoms with Gasteiger partial charge in [-0.3, -0.25) is 0 Å². The second-order valence-corrected chi connectivity index (χ2v) is 3.76. The third kappa shape index (κ3) is 3.63. The molecule has 0 heterocycles. The molecule has 0 aromatic heterocycles. The topological polar surface area (TPSA) is 35.8 Å². The van der Waals surface area contributed by atoms with Crippen molar-refractivity contribution in [2.75, 3.05) is 5.32 Å². The van der Waals surface area contributed by atoms with Gasteiger partial charge in [0.25, 0.3) is 0 Å². The van der Waals surface area contributed by atoms with Crippen LogP contribution in [-0.4, -0.2) is 6.04 Å². The second-order valence-electron chi connectivity index (χ2n) is 3.76. The SMILES string of the molecule is CCCCc1ccccc1NC(C)C#N. The number of rotatable bonds is 5. The van der Waals surface area contributed by atoms with E-state index in [9.17, 15) is 0 Å². The molecule has 0 fully saturated rings. The number of nitrogens with zero attached hydrogens (tertiary/aromatic N) is 1. The minimum Gasteiger partial charge on any atom is -0.370 e. The van der Waals surface area contributed by atoms with Gasteiger partial charge in [0.15, 0.2) is 0 Å². The van der Waals surface area contributed by atoms with E-state index in [-0.39, 0.29) is 6.04 Å². The fraction of sp³-hybridized carbons (Fsp3) is 0.462. The molecule has 0 saturated heterocycles. The minimum absolute atomic E-state index is 0.132. The molecular weight excluding hydrogens is 184 g/mol. The molecule has 1 aromatic rings. The second kappa shape index (κ2) is 6.08. The molecule has 1 aromatic carbocycles. The highest BCUT2D eigenvalue weighted by Gasteiger charge is 2.03. The van der Waals surface area contributed by atoms with Gasteiger partial charge in [-0.05, 0) is 31.4 Å². The Morgan fingerprint density at radius 1 is 1.40 bits per heavy atom. The van der Waals surface area contributed by atoms with E-state index < -0.39 is 0 Å². The minimum atomic E-state index is -0.132. The summed E-state index contributed by atoms with van der Waals surface area (Å²) in [5.41, 5.74) is 2.40. The molecule has 0 aliphatic heterocycles. The zero-order valence-electron chi connectivity index (χ0n) is 9.46. The normalized spacial score (nSPS) is 11.8. The molecule has 0 radical (unpaired) electrons. The molecule has 2 heteroatoms. The first-order valence-corrected chi connectivity index (χ1v) is 5.52. The molecule has 0 bridgehead atoms. The van der Waals surface area contributed by atoms with Crippen LogP contribution in [0.4, 0.5) is 5.69 Å². The molecule has 15 heavy (non-hydrogen) atoms. The Morgan fingerprint density at radius 3 is 2.80 bits per heavy atom. The predicted octanol–water partition coefficient (Wildman–Crippen LogP) is 3.35. The van der Waals surface area contributed by atoms with Crippen molar-refractivity contribution >= 4 is 5.69 Å². The average molecular weight is 202 g/mol. The number of hydrogen-bond acceptors (Lipinski definition) is 2. The molecule has 1 N–H and O–H groups in total. The molecule has 0 amide bonds. The predicted molar refractivity (Wildman–Crippen MR) is 63.8 cm³/mol. The summed E-state index contributed by atoms with van der Waals surface area (Å²) in [6.45, 7) is 4.06. The Labute approximate surface area is 91.9 Å². The van der Waals surface area contributed by atoms with Gasteiger partial charge in [-0.1, -0.05) is 31.5 Å². The van der Waals surface area contributed by atoms with Crippen LogP contribution < -0.4 is 5.32 Å². The lowest BCUT2D eigenvalue weighted by Crippen LogP contribution is -2.13. The Morgan fingerprint density at radius 2 is 2.13 bits per heavy atom. The molecule has 0 aliphatic rings. The maximum absolute atomic E-state index is 8.75. The molecule has 2 nitrogen and oxygen atoms in total. The Hall–Kier alpha value is -1.49. The fourth-order valence-corrected chi connectivity index (χ4v) is 1.51. The van der Waals surface area contributed by atoms with Crippen molar-refractivity contribution in [3.63, 3.8) is 0 Å². The van der Waals surface area contributed by atoms with Crippen molar-refractivity contribution < 1.29 is 0 Å². The van der Waals surface area contributed by atoms with Gasteiger partial charge in [-0.2, -0.15) is 5.26 Å². The van der Waals surface area contributed by atoms with E-state index in [4.69, 9.17) is 5.26 Å². The Bertz CT molecular complexity index is 339. The summed E-state index contributed by atoms with van der Waals surface area (Å²) >= 11 is 0. The number of para-hydroxylation sites is 1. The smallest absolute Gasteiger partial charge is 0.111 e. The van der Waals surface area contributed by atoms with Crippen molar-refractivity contribution in [3.8, 4) is 6.07 Å². The zero-order chi connectivity index (χ0) is 11.1. The first-order valence-electron chi connectivity index (χ1n) is 5.52. The molecular formula is C13H18N2. The number of hydrogen-bond donors (Lipinski definition) is 1. The number of aryl methyl sites for hydroxylation is 1. The van der Waals surface area contributed by atoms with E-state index >= 15 is 0 Å². The largest absolute Gasteiger partial charge is 0.370 e. The quantitative estimate of drug-likeness (QED) is 0.794. The number of nitriles is 1. The van der Waals surface area contributed by atoms with Crippen LogP contribution in [0.25, 0.3) is 0 Å². The van der Waals surface area contributed by atoms with E-state index in [0.717, 1.165) is 12.1 Å². The maximum atomic E-state index is 8.75. The number of nitrogens with one attached hydrogen (secondary N) is 1. The maximum Gasteiger partial charge on any atom is 0.111 e. The van der Waals surface area contributed by atoms with Crippen LogP contribution in [0.1, 0.15) is 32.3 Å². The van der Waals surface area contributed by atoms with E-state index in [1.54, 1.807) is 0 Å². The molecule has 0 aliphatic carbocycles. The van der Waals surface area contributed by atoms with Crippen LogP contribution in [0.3, 0.4) is 0 Å². The van der Waals surface area contributed by atoms with Crippen molar-refractivity contribution in [2.24, 2.45) is 0 Å². The van der Waals surface area contributed by atoms with Crippen LogP contribution in [0.15, 0.2) is 24.3 Å². The summed E-state index contributed by atoms with van der Waals surface area (Å²) < 4.78 is 0. The van der Waals surface area contributed by atoms with Crippen LogP contribution in [0.5, 0.6) is 0 Å². The van der Waals surface area contributed by atoms with Gasteiger partial charge in [0.2, 0.25) is 0 Å². The van der Waals surface area contributed by atoms with Gasteiger partial charge in [-0.25, -0.2) is 0 Å². The Balaban J connectivity index is 2.73. The van der Waals surface area contributed by atoms with Crippen molar-refractivity contribution in [3.05, 3.63) is 29.8 Å². The lowest BCUT2D eigenvalue weighted by Gasteiger charge is -2.12. The average Bonchev–Trinajstić information content (AvgIpc) is 2.28. The highest BCUT2D eigenvalue weighted by Crippen LogP contribution is 2.18. The molecule has 1 unspecified atom stereocenters. The Kier molecular flexibility index (Phi) is 4.70. The summed E-state index contributed by atoms with van der Waals surface area (Å²) in [5.74, 6) is 0. The van der Waals surface area contributed by atoms with E-state index in [1.165, 1.54) is 18.4 Å². The van der Waals surface area contributed by atoms with Gasteiger partial charge in [0.05, 0.1) is 6.07 Å². The lowest BCUT2D eigenvalue weighted by molar-refractivity contribution is 0.794. The molecule has 0 saturated carbocycles. The highest BCUT2D eigenvalue weighted by molar-refractivity contribution is 5.52. The molecule has 0 spiro atoms. The number of unbranched alkanes of at least 4 members (excludes halogenated alkanes) is 1. The van der Waals surface area contributed by atoms with Crippen LogP contribution in [0, 0.1) is 11.3 Å². The number of benzene rings is 1. The van der Waals surface area contributed by atoms with Crippen LogP contribution in [-0.2, 0) is 6.42 Å². The molecule has 1 rings (SSSR count). The van der Waals surface area contributed by atoms with Crippen LogP contribution >= 0.6 is 0 Å². The van der Waals surface area contributed by atoms with Crippen molar-refractivity contribution in [1.29, 1.82) is 5.26 Å². The lowest BCUT2D eigenvalue weighted by atomic mass is 10.1. The highest BCUT2D eigenvalue weighted by atomic mass is 14.9. The van der Waals surface area contributed by atoms with Crippen LogP contribution in [0.2, 0.25) is 0 Å². The number of anilines is 1. The van der Waals surface area contributed by atoms with Gasteiger partial charge < -0.3 is 5.32 Å². The monoisotopic (exact) mass is 202 g/mol. The molecule has 80 valence electrons. The van der Waals surface area contributed by atoms with E-state index in [1.807, 2.05) is 25.1 Å². The third-order valence-electron chi connectivity index (χ3n) is 2.38. The van der Waals surface area contributed by atoms with Crippen molar-refractivity contribution in [1.82, 2.24) is 0 Å². The molecule has 1 atom stereocenters.